The fraction of sp³-hybridized carbons (Fsp3) is 0.500. The van der Waals surface area contributed by atoms with E-state index in [9.17, 15) is 4.79 Å². The van der Waals surface area contributed by atoms with Gasteiger partial charge >= 0.3 is 0 Å². The van der Waals surface area contributed by atoms with Crippen LogP contribution >= 0.6 is 24.8 Å². The fourth-order valence-electron chi connectivity index (χ4n) is 3.75. The summed E-state index contributed by atoms with van der Waals surface area (Å²) in [6.45, 7) is 8.20. The van der Waals surface area contributed by atoms with E-state index in [1.54, 1.807) is 4.68 Å². The Bertz CT molecular complexity index is 752. The summed E-state index contributed by atoms with van der Waals surface area (Å²) in [6.07, 6.45) is 3.88. The van der Waals surface area contributed by atoms with Crippen molar-refractivity contribution in [3.63, 3.8) is 0 Å². The molecular weight excluding hydrogens is 397 g/mol. The summed E-state index contributed by atoms with van der Waals surface area (Å²) in [4.78, 5) is 15.0. The molecule has 28 heavy (non-hydrogen) atoms. The Morgan fingerprint density at radius 3 is 2.71 bits per heavy atom. The van der Waals surface area contributed by atoms with E-state index in [1.807, 2.05) is 19.4 Å². The molecule has 0 unspecified atom stereocenters. The number of aryl methyl sites for hydroxylation is 2. The third-order valence-corrected chi connectivity index (χ3v) is 5.22. The lowest BCUT2D eigenvalue weighted by molar-refractivity contribution is -0.124. The van der Waals surface area contributed by atoms with Crippen LogP contribution in [0.25, 0.3) is 0 Å². The lowest BCUT2D eigenvalue weighted by Gasteiger charge is -2.25. The molecule has 8 heteroatoms. The van der Waals surface area contributed by atoms with Crippen LogP contribution in [0.15, 0.2) is 36.7 Å². The van der Waals surface area contributed by atoms with E-state index in [4.69, 9.17) is 0 Å². The molecule has 6 nitrogen and oxygen atoms in total. The molecule has 0 radical (unpaired) electrons. The van der Waals surface area contributed by atoms with E-state index in [0.717, 1.165) is 31.7 Å². The number of hydrogen-bond acceptors (Lipinski definition) is 4. The van der Waals surface area contributed by atoms with Gasteiger partial charge in [0.05, 0.1) is 12.1 Å². The Labute approximate surface area is 179 Å². The minimum absolute atomic E-state index is 0. The normalized spacial score (nSPS) is 18.1. The predicted octanol–water partition coefficient (Wildman–Crippen LogP) is 2.52. The Morgan fingerprint density at radius 2 is 2.07 bits per heavy atom. The molecule has 1 aliphatic heterocycles. The standard InChI is InChI=1S/C20H29N5O.2ClH/c1-4-25(19-8-6-5-7-15(19)2)10-9-22-20(26)18-13-21-12-17(18)16-11-23-24(3)14-16;;/h5-8,11,14,17-18,21H,4,9-10,12-13H2,1-3H3,(H,22,26);2*1H/t17-,18+;;/m1../s1. The Balaban J connectivity index is 0.00000196. The molecule has 3 rings (SSSR count). The van der Waals surface area contributed by atoms with E-state index in [-0.39, 0.29) is 42.6 Å². The number of hydrogen-bond donors (Lipinski definition) is 2. The average Bonchev–Trinajstić information content (AvgIpc) is 3.28. The number of carbonyl (C=O) groups excluding carboxylic acids is 1. The van der Waals surface area contributed by atoms with Crippen LogP contribution < -0.4 is 15.5 Å². The minimum Gasteiger partial charge on any atom is -0.370 e. The number of nitrogens with one attached hydrogen (secondary N) is 2. The van der Waals surface area contributed by atoms with Crippen LogP contribution in [0.4, 0.5) is 5.69 Å². The Hall–Kier alpha value is -1.76. The molecule has 0 saturated carbocycles. The van der Waals surface area contributed by atoms with Crippen molar-refractivity contribution in [2.75, 3.05) is 37.6 Å². The van der Waals surface area contributed by atoms with Gasteiger partial charge in [0.15, 0.2) is 0 Å². The smallest absolute Gasteiger partial charge is 0.225 e. The first-order valence-electron chi connectivity index (χ1n) is 9.37. The first kappa shape index (κ1) is 24.3. The molecular formula is C20H31Cl2N5O. The molecule has 1 saturated heterocycles. The number of amides is 1. The molecule has 2 aromatic rings. The molecule has 1 amide bonds. The number of halogens is 2. The highest BCUT2D eigenvalue weighted by Gasteiger charge is 2.34. The van der Waals surface area contributed by atoms with Crippen LogP contribution in [0, 0.1) is 12.8 Å². The summed E-state index contributed by atoms with van der Waals surface area (Å²) < 4.78 is 1.80. The number of benzene rings is 1. The van der Waals surface area contributed by atoms with Gasteiger partial charge < -0.3 is 15.5 Å². The summed E-state index contributed by atoms with van der Waals surface area (Å²) >= 11 is 0. The SMILES string of the molecule is CCN(CCNC(=O)[C@H]1CNC[C@@H]1c1cnn(C)c1)c1ccccc1C.Cl.Cl. The maximum Gasteiger partial charge on any atom is 0.225 e. The van der Waals surface area contributed by atoms with Crippen molar-refractivity contribution < 1.29 is 4.79 Å². The van der Waals surface area contributed by atoms with Gasteiger partial charge in [0.25, 0.3) is 0 Å². The molecule has 0 spiro atoms. The van der Waals surface area contributed by atoms with Gasteiger partial charge in [-0.15, -0.1) is 24.8 Å². The maximum absolute atomic E-state index is 12.7. The second kappa shape index (κ2) is 11.3. The van der Waals surface area contributed by atoms with Crippen molar-refractivity contribution in [1.29, 1.82) is 0 Å². The summed E-state index contributed by atoms with van der Waals surface area (Å²) in [5.41, 5.74) is 3.63. The quantitative estimate of drug-likeness (QED) is 0.712. The first-order valence-corrected chi connectivity index (χ1v) is 9.37. The van der Waals surface area contributed by atoms with Crippen LogP contribution in [0.2, 0.25) is 0 Å². The van der Waals surface area contributed by atoms with Gasteiger partial charge in [-0.2, -0.15) is 5.10 Å². The number of aromatic nitrogens is 2. The van der Waals surface area contributed by atoms with Crippen molar-refractivity contribution in [2.24, 2.45) is 13.0 Å². The average molecular weight is 428 g/mol. The number of para-hydroxylation sites is 1. The third-order valence-electron chi connectivity index (χ3n) is 5.22. The lowest BCUT2D eigenvalue weighted by Crippen LogP contribution is -2.39. The van der Waals surface area contributed by atoms with E-state index >= 15 is 0 Å². The van der Waals surface area contributed by atoms with Gasteiger partial charge in [-0.3, -0.25) is 9.48 Å². The van der Waals surface area contributed by atoms with Gasteiger partial charge in [-0.05, 0) is 31.0 Å². The van der Waals surface area contributed by atoms with E-state index < -0.39 is 0 Å². The van der Waals surface area contributed by atoms with E-state index in [2.05, 4.69) is 58.7 Å². The van der Waals surface area contributed by atoms with Crippen molar-refractivity contribution >= 4 is 36.4 Å². The number of likely N-dealkylation sites (N-methyl/N-ethyl adjacent to an activating group) is 1. The highest BCUT2D eigenvalue weighted by molar-refractivity contribution is 5.85. The monoisotopic (exact) mass is 427 g/mol. The number of rotatable bonds is 7. The molecule has 1 aromatic carbocycles. The van der Waals surface area contributed by atoms with Crippen LogP contribution in [0.3, 0.4) is 0 Å². The number of anilines is 1. The molecule has 0 bridgehead atoms. The van der Waals surface area contributed by atoms with Crippen LogP contribution in [-0.2, 0) is 11.8 Å². The highest BCUT2D eigenvalue weighted by atomic mass is 35.5. The zero-order valence-electron chi connectivity index (χ0n) is 16.7. The topological polar surface area (TPSA) is 62.2 Å². The van der Waals surface area contributed by atoms with Crippen LogP contribution in [0.1, 0.15) is 24.0 Å². The maximum atomic E-state index is 12.7. The summed E-state index contributed by atoms with van der Waals surface area (Å²) in [5.74, 6) is 0.291. The first-order chi connectivity index (χ1) is 12.6. The molecule has 0 aliphatic carbocycles. The fourth-order valence-corrected chi connectivity index (χ4v) is 3.75. The van der Waals surface area contributed by atoms with Gasteiger partial charge in [0.2, 0.25) is 5.91 Å². The van der Waals surface area contributed by atoms with Crippen LogP contribution in [-0.4, -0.2) is 48.4 Å². The van der Waals surface area contributed by atoms with Crippen molar-refractivity contribution in [3.8, 4) is 0 Å². The summed E-state index contributed by atoms with van der Waals surface area (Å²) in [6, 6.07) is 8.38. The highest BCUT2D eigenvalue weighted by Crippen LogP contribution is 2.27. The largest absolute Gasteiger partial charge is 0.370 e. The van der Waals surface area contributed by atoms with Gasteiger partial charge in [0.1, 0.15) is 0 Å². The molecule has 2 heterocycles. The molecule has 2 N–H and O–H groups in total. The van der Waals surface area contributed by atoms with Crippen LogP contribution in [0.5, 0.6) is 0 Å². The second-order valence-corrected chi connectivity index (χ2v) is 6.98. The molecule has 1 aliphatic rings. The Kier molecular flexibility index (Phi) is 9.79. The van der Waals surface area contributed by atoms with Crippen molar-refractivity contribution in [3.05, 3.63) is 47.8 Å². The zero-order chi connectivity index (χ0) is 18.5. The Morgan fingerprint density at radius 1 is 1.32 bits per heavy atom. The predicted molar refractivity (Wildman–Crippen MR) is 119 cm³/mol. The zero-order valence-corrected chi connectivity index (χ0v) is 18.4. The second-order valence-electron chi connectivity index (χ2n) is 6.98. The molecule has 2 atom stereocenters. The molecule has 1 aromatic heterocycles. The van der Waals surface area contributed by atoms with E-state index in [1.165, 1.54) is 11.3 Å². The summed E-state index contributed by atoms with van der Waals surface area (Å²) in [7, 11) is 1.91. The number of nitrogens with zero attached hydrogens (tertiary/aromatic N) is 3. The van der Waals surface area contributed by atoms with Gasteiger partial charge in [-0.1, -0.05) is 18.2 Å². The van der Waals surface area contributed by atoms with Crippen molar-refractivity contribution in [2.45, 2.75) is 19.8 Å². The lowest BCUT2D eigenvalue weighted by atomic mass is 9.90. The minimum atomic E-state index is -0.0345. The van der Waals surface area contributed by atoms with Crippen molar-refractivity contribution in [1.82, 2.24) is 20.4 Å². The summed E-state index contributed by atoms with van der Waals surface area (Å²) in [5, 5.41) is 10.7. The number of carbonyl (C=O) groups is 1. The molecule has 156 valence electrons. The van der Waals surface area contributed by atoms with Gasteiger partial charge in [0, 0.05) is 57.6 Å². The van der Waals surface area contributed by atoms with E-state index in [0.29, 0.717) is 6.54 Å². The third kappa shape index (κ3) is 5.63. The van der Waals surface area contributed by atoms with Gasteiger partial charge in [-0.25, -0.2) is 0 Å². The molecule has 1 fully saturated rings.